The number of hydrogen-bond donors (Lipinski definition) is 1. The van der Waals surface area contributed by atoms with E-state index < -0.39 is 15.8 Å². The highest BCUT2D eigenvalue weighted by molar-refractivity contribution is 7.89. The SMILES string of the molecule is CC(C)Nc1nn(CN2CCN(S(=O)(=O)c3ccc(F)cc3)CC2)c(=S)s1. The fourth-order valence-electron chi connectivity index (χ4n) is 2.76. The maximum atomic E-state index is 13.0. The Balaban J connectivity index is 1.61. The Hall–Kier alpha value is -1.40. The molecule has 0 bridgehead atoms. The molecule has 2 heterocycles. The molecule has 1 saturated heterocycles. The first kappa shape index (κ1) is 20.3. The van der Waals surface area contributed by atoms with Crippen LogP contribution in [0.4, 0.5) is 9.52 Å². The molecule has 0 atom stereocenters. The van der Waals surface area contributed by atoms with Gasteiger partial charge < -0.3 is 5.32 Å². The summed E-state index contributed by atoms with van der Waals surface area (Å²) < 4.78 is 42.3. The van der Waals surface area contributed by atoms with Gasteiger partial charge in [-0.05, 0) is 50.3 Å². The molecular weight excluding hydrogens is 409 g/mol. The zero-order valence-corrected chi connectivity index (χ0v) is 17.6. The Labute approximate surface area is 167 Å². The third-order valence-electron chi connectivity index (χ3n) is 4.14. The van der Waals surface area contributed by atoms with E-state index in [0.717, 1.165) is 17.3 Å². The van der Waals surface area contributed by atoms with Crippen LogP contribution in [-0.2, 0) is 16.7 Å². The van der Waals surface area contributed by atoms with Crippen LogP contribution < -0.4 is 5.32 Å². The maximum Gasteiger partial charge on any atom is 0.243 e. The molecule has 1 N–H and O–H groups in total. The van der Waals surface area contributed by atoms with Gasteiger partial charge in [0.05, 0.1) is 11.6 Å². The van der Waals surface area contributed by atoms with Crippen molar-refractivity contribution in [3.8, 4) is 0 Å². The van der Waals surface area contributed by atoms with Crippen LogP contribution in [0.2, 0.25) is 0 Å². The largest absolute Gasteiger partial charge is 0.358 e. The predicted octanol–water partition coefficient (Wildman–Crippen LogP) is 2.60. The summed E-state index contributed by atoms with van der Waals surface area (Å²) in [4.78, 5) is 2.23. The van der Waals surface area contributed by atoms with Crippen LogP contribution in [0.5, 0.6) is 0 Å². The quantitative estimate of drug-likeness (QED) is 0.709. The van der Waals surface area contributed by atoms with Crippen LogP contribution in [0.1, 0.15) is 13.8 Å². The van der Waals surface area contributed by atoms with Crippen molar-refractivity contribution in [2.75, 3.05) is 31.5 Å². The predicted molar refractivity (Wildman–Crippen MR) is 106 cm³/mol. The van der Waals surface area contributed by atoms with Crippen molar-refractivity contribution >= 4 is 38.7 Å². The van der Waals surface area contributed by atoms with Crippen molar-refractivity contribution in [3.05, 3.63) is 34.0 Å². The van der Waals surface area contributed by atoms with Crippen LogP contribution in [0.15, 0.2) is 29.2 Å². The summed E-state index contributed by atoms with van der Waals surface area (Å²) in [7, 11) is -3.60. The first-order valence-electron chi connectivity index (χ1n) is 8.58. The summed E-state index contributed by atoms with van der Waals surface area (Å²) in [5, 5.41) is 8.50. The Morgan fingerprint density at radius 2 is 1.85 bits per heavy atom. The Kier molecular flexibility index (Phi) is 6.26. The third kappa shape index (κ3) is 4.91. The fraction of sp³-hybridized carbons (Fsp3) is 0.500. The lowest BCUT2D eigenvalue weighted by Crippen LogP contribution is -2.48. The van der Waals surface area contributed by atoms with Crippen molar-refractivity contribution in [3.63, 3.8) is 0 Å². The first-order chi connectivity index (χ1) is 12.8. The molecule has 0 amide bonds. The second-order valence-electron chi connectivity index (χ2n) is 6.59. The number of benzene rings is 1. The topological polar surface area (TPSA) is 70.5 Å². The average molecular weight is 432 g/mol. The summed E-state index contributed by atoms with van der Waals surface area (Å²) in [5.74, 6) is -0.454. The molecule has 0 unspecified atom stereocenters. The molecule has 0 spiro atoms. The van der Waals surface area contributed by atoms with E-state index in [2.05, 4.69) is 15.3 Å². The zero-order chi connectivity index (χ0) is 19.6. The molecular formula is C16H22FN5O2S3. The van der Waals surface area contributed by atoms with Gasteiger partial charge in [-0.15, -0.1) is 5.10 Å². The van der Waals surface area contributed by atoms with Crippen LogP contribution in [0.25, 0.3) is 0 Å². The molecule has 3 rings (SSSR count). The van der Waals surface area contributed by atoms with Crippen LogP contribution in [0, 0.1) is 9.77 Å². The van der Waals surface area contributed by atoms with Gasteiger partial charge in [0.25, 0.3) is 0 Å². The molecule has 0 saturated carbocycles. The number of nitrogens with zero attached hydrogens (tertiary/aromatic N) is 4. The highest BCUT2D eigenvalue weighted by atomic mass is 32.2. The van der Waals surface area contributed by atoms with Gasteiger partial charge in [-0.3, -0.25) is 4.90 Å². The highest BCUT2D eigenvalue weighted by Gasteiger charge is 2.28. The number of piperazine rings is 1. The maximum absolute atomic E-state index is 13.0. The number of sulfonamides is 1. The molecule has 1 aromatic carbocycles. The molecule has 0 radical (unpaired) electrons. The second-order valence-corrected chi connectivity index (χ2v) is 10.1. The van der Waals surface area contributed by atoms with E-state index in [1.807, 2.05) is 13.8 Å². The van der Waals surface area contributed by atoms with E-state index in [1.165, 1.54) is 27.8 Å². The van der Waals surface area contributed by atoms with Gasteiger partial charge in [0.2, 0.25) is 15.2 Å². The highest BCUT2D eigenvalue weighted by Crippen LogP contribution is 2.19. The van der Waals surface area contributed by atoms with E-state index in [0.29, 0.717) is 36.8 Å². The minimum Gasteiger partial charge on any atom is -0.358 e. The number of halogens is 1. The third-order valence-corrected chi connectivity index (χ3v) is 7.29. The van der Waals surface area contributed by atoms with E-state index >= 15 is 0 Å². The monoisotopic (exact) mass is 431 g/mol. The summed E-state index contributed by atoms with van der Waals surface area (Å²) in [6, 6.07) is 5.20. The lowest BCUT2D eigenvalue weighted by atomic mass is 10.4. The molecule has 0 aliphatic carbocycles. The van der Waals surface area contributed by atoms with Crippen molar-refractivity contribution in [1.82, 2.24) is 19.0 Å². The molecule has 27 heavy (non-hydrogen) atoms. The zero-order valence-electron chi connectivity index (χ0n) is 15.1. The van der Waals surface area contributed by atoms with Crippen LogP contribution in [0.3, 0.4) is 0 Å². The molecule has 1 aliphatic heterocycles. The van der Waals surface area contributed by atoms with Gasteiger partial charge in [0, 0.05) is 32.2 Å². The normalized spacial score (nSPS) is 16.7. The van der Waals surface area contributed by atoms with Gasteiger partial charge in [-0.25, -0.2) is 17.5 Å². The molecule has 1 aliphatic rings. The Bertz CT molecular complexity index is 932. The summed E-state index contributed by atoms with van der Waals surface area (Å²) in [5.41, 5.74) is 0. The lowest BCUT2D eigenvalue weighted by Gasteiger charge is -2.33. The van der Waals surface area contributed by atoms with Crippen molar-refractivity contribution in [2.45, 2.75) is 31.5 Å². The molecule has 1 aromatic heterocycles. The van der Waals surface area contributed by atoms with E-state index in [1.54, 1.807) is 4.68 Å². The van der Waals surface area contributed by atoms with Crippen LogP contribution >= 0.6 is 23.6 Å². The fourth-order valence-corrected chi connectivity index (χ4v) is 5.32. The summed E-state index contributed by atoms with van der Waals surface area (Å²) >= 11 is 6.79. The first-order valence-corrected chi connectivity index (χ1v) is 11.2. The van der Waals surface area contributed by atoms with Gasteiger partial charge in [-0.1, -0.05) is 11.3 Å². The smallest absolute Gasteiger partial charge is 0.243 e. The minimum absolute atomic E-state index is 0.114. The standard InChI is InChI=1S/C16H22FN5O2S3/c1-12(2)18-15-19-22(16(25)26-15)11-20-7-9-21(10-8-20)27(23,24)14-5-3-13(17)4-6-14/h3-6,12H,7-11H2,1-2H3,(H,18,19). The Morgan fingerprint density at radius 1 is 1.22 bits per heavy atom. The minimum atomic E-state index is -3.60. The van der Waals surface area contributed by atoms with Gasteiger partial charge in [0.15, 0.2) is 3.95 Å². The van der Waals surface area contributed by atoms with E-state index in [9.17, 15) is 12.8 Å². The van der Waals surface area contributed by atoms with E-state index in [-0.39, 0.29) is 10.9 Å². The van der Waals surface area contributed by atoms with E-state index in [4.69, 9.17) is 12.2 Å². The van der Waals surface area contributed by atoms with Crippen LogP contribution in [-0.4, -0.2) is 59.6 Å². The molecule has 11 heteroatoms. The van der Waals surface area contributed by atoms with Gasteiger partial charge in [-0.2, -0.15) is 4.31 Å². The van der Waals surface area contributed by atoms with Crippen molar-refractivity contribution < 1.29 is 12.8 Å². The second kappa shape index (κ2) is 8.31. The number of anilines is 1. The Morgan fingerprint density at radius 3 is 2.44 bits per heavy atom. The number of hydrogen-bond acceptors (Lipinski definition) is 7. The van der Waals surface area contributed by atoms with Crippen molar-refractivity contribution in [2.24, 2.45) is 0 Å². The molecule has 2 aromatic rings. The average Bonchev–Trinajstić information content (AvgIpc) is 2.94. The number of rotatable bonds is 6. The van der Waals surface area contributed by atoms with Gasteiger partial charge in [0.1, 0.15) is 5.82 Å². The number of nitrogens with one attached hydrogen (secondary N) is 1. The van der Waals surface area contributed by atoms with Gasteiger partial charge >= 0.3 is 0 Å². The van der Waals surface area contributed by atoms with Crippen molar-refractivity contribution in [1.29, 1.82) is 0 Å². The molecule has 1 fully saturated rings. The lowest BCUT2D eigenvalue weighted by molar-refractivity contribution is 0.145. The number of aromatic nitrogens is 2. The molecule has 148 valence electrons. The summed E-state index contributed by atoms with van der Waals surface area (Å²) in [6.07, 6.45) is 0. The molecule has 7 nitrogen and oxygen atoms in total. The summed E-state index contributed by atoms with van der Waals surface area (Å²) in [6.45, 7) is 6.49.